The van der Waals surface area contributed by atoms with Gasteiger partial charge < -0.3 is 4.90 Å². The molecular formula is C14H22BrN3O2S. The van der Waals surface area contributed by atoms with Crippen LogP contribution in [0.1, 0.15) is 12.1 Å². The zero-order chi connectivity index (χ0) is 15.1. The van der Waals surface area contributed by atoms with Gasteiger partial charge in [-0.1, -0.05) is 22.0 Å². The maximum atomic E-state index is 12.4. The van der Waals surface area contributed by atoms with Gasteiger partial charge in [0, 0.05) is 49.8 Å². The molecule has 0 spiro atoms. The highest BCUT2D eigenvalue weighted by molar-refractivity contribution is 9.09. The Morgan fingerprint density at radius 3 is 2.76 bits per heavy atom. The predicted octanol–water partition coefficient (Wildman–Crippen LogP) is 1.36. The molecule has 7 heteroatoms. The summed E-state index contributed by atoms with van der Waals surface area (Å²) in [6.45, 7) is 3.98. The quantitative estimate of drug-likeness (QED) is 0.704. The number of halogens is 1. The smallest absolute Gasteiger partial charge is 0.214 e. The van der Waals surface area contributed by atoms with Gasteiger partial charge >= 0.3 is 0 Å². The second kappa shape index (κ2) is 8.22. The van der Waals surface area contributed by atoms with Crippen LogP contribution in [-0.4, -0.2) is 66.4 Å². The normalized spacial score (nSPS) is 18.5. The summed E-state index contributed by atoms with van der Waals surface area (Å²) >= 11 is 3.44. The molecule has 1 saturated heterocycles. The van der Waals surface area contributed by atoms with Gasteiger partial charge in [-0.2, -0.15) is 0 Å². The van der Waals surface area contributed by atoms with Crippen LogP contribution < -0.4 is 0 Å². The van der Waals surface area contributed by atoms with Crippen molar-refractivity contribution in [1.82, 2.24) is 14.2 Å². The Hall–Kier alpha value is -0.500. The van der Waals surface area contributed by atoms with Gasteiger partial charge in [-0.15, -0.1) is 0 Å². The molecule has 0 unspecified atom stereocenters. The van der Waals surface area contributed by atoms with Crippen LogP contribution in [0.3, 0.4) is 0 Å². The van der Waals surface area contributed by atoms with Crippen molar-refractivity contribution in [2.45, 2.75) is 12.8 Å². The van der Waals surface area contributed by atoms with Crippen LogP contribution in [0.4, 0.5) is 0 Å². The number of pyridine rings is 1. The molecule has 0 aliphatic carbocycles. The van der Waals surface area contributed by atoms with E-state index in [1.165, 1.54) is 0 Å². The van der Waals surface area contributed by atoms with Crippen LogP contribution in [0.15, 0.2) is 24.4 Å². The summed E-state index contributed by atoms with van der Waals surface area (Å²) in [4.78, 5) is 6.49. The first-order valence-corrected chi connectivity index (χ1v) is 10.0. The highest BCUT2D eigenvalue weighted by Crippen LogP contribution is 2.10. The Morgan fingerprint density at radius 2 is 2.05 bits per heavy atom. The molecule has 0 aromatic carbocycles. The Labute approximate surface area is 135 Å². The Kier molecular flexibility index (Phi) is 6.60. The molecule has 0 atom stereocenters. The molecule has 0 N–H and O–H groups in total. The van der Waals surface area contributed by atoms with E-state index in [1.54, 1.807) is 10.5 Å². The van der Waals surface area contributed by atoms with E-state index < -0.39 is 10.0 Å². The average molecular weight is 376 g/mol. The fourth-order valence-corrected chi connectivity index (χ4v) is 4.47. The summed E-state index contributed by atoms with van der Waals surface area (Å²) in [6.07, 6.45) is 3.08. The Balaban J connectivity index is 1.90. The molecule has 118 valence electrons. The number of aryl methyl sites for hydroxylation is 1. The fraction of sp³-hybridized carbons (Fsp3) is 0.643. The van der Waals surface area contributed by atoms with E-state index >= 15 is 0 Å². The summed E-state index contributed by atoms with van der Waals surface area (Å²) in [6, 6.07) is 5.60. The molecule has 0 bridgehead atoms. The molecule has 5 nitrogen and oxygen atoms in total. The summed E-state index contributed by atoms with van der Waals surface area (Å²) in [5.74, 6) is 0.141. The van der Waals surface area contributed by atoms with E-state index in [-0.39, 0.29) is 5.75 Å². The molecule has 1 aromatic heterocycles. The van der Waals surface area contributed by atoms with Crippen molar-refractivity contribution < 1.29 is 8.42 Å². The van der Waals surface area contributed by atoms with Gasteiger partial charge in [0.25, 0.3) is 0 Å². The molecule has 1 aliphatic rings. The molecule has 2 rings (SSSR count). The fourth-order valence-electron chi connectivity index (χ4n) is 2.48. The number of rotatable bonds is 6. The maximum Gasteiger partial charge on any atom is 0.214 e. The molecule has 1 aromatic rings. The second-order valence-electron chi connectivity index (χ2n) is 5.17. The summed E-state index contributed by atoms with van der Waals surface area (Å²) in [5, 5.41) is 0.930. The van der Waals surface area contributed by atoms with E-state index in [0.717, 1.165) is 37.1 Å². The van der Waals surface area contributed by atoms with Crippen molar-refractivity contribution in [2.24, 2.45) is 0 Å². The van der Waals surface area contributed by atoms with E-state index in [0.29, 0.717) is 19.5 Å². The highest BCUT2D eigenvalue weighted by atomic mass is 79.9. The lowest BCUT2D eigenvalue weighted by atomic mass is 10.3. The average Bonchev–Trinajstić information content (AvgIpc) is 2.73. The van der Waals surface area contributed by atoms with Gasteiger partial charge in [0.05, 0.1) is 5.75 Å². The van der Waals surface area contributed by atoms with Crippen molar-refractivity contribution in [1.29, 1.82) is 0 Å². The first-order valence-electron chi connectivity index (χ1n) is 7.28. The van der Waals surface area contributed by atoms with E-state index in [2.05, 4.69) is 25.8 Å². The number of hydrogen-bond acceptors (Lipinski definition) is 4. The zero-order valence-electron chi connectivity index (χ0n) is 12.1. The van der Waals surface area contributed by atoms with Crippen molar-refractivity contribution in [2.75, 3.05) is 43.8 Å². The third-order valence-electron chi connectivity index (χ3n) is 3.68. The number of nitrogens with zero attached hydrogens (tertiary/aromatic N) is 3. The molecular weight excluding hydrogens is 354 g/mol. The molecule has 1 aliphatic heterocycles. The van der Waals surface area contributed by atoms with Crippen LogP contribution in [0.2, 0.25) is 0 Å². The van der Waals surface area contributed by atoms with Crippen LogP contribution >= 0.6 is 15.9 Å². The Bertz CT molecular complexity index is 524. The summed E-state index contributed by atoms with van der Waals surface area (Å²) in [7, 11) is -3.19. The molecule has 0 radical (unpaired) electrons. The standard InChI is InChI=1S/C14H22BrN3O2S/c15-6-10-17-8-3-9-18(12-11-17)21(19,20)13-5-14-4-1-2-7-16-14/h1-2,4,7H,3,5-6,8-13H2. The summed E-state index contributed by atoms with van der Waals surface area (Å²) in [5.41, 5.74) is 0.830. The van der Waals surface area contributed by atoms with Crippen molar-refractivity contribution in [3.63, 3.8) is 0 Å². The largest absolute Gasteiger partial charge is 0.301 e. The number of aromatic nitrogens is 1. The Morgan fingerprint density at radius 1 is 1.19 bits per heavy atom. The van der Waals surface area contributed by atoms with Gasteiger partial charge in [-0.05, 0) is 25.1 Å². The first-order chi connectivity index (χ1) is 10.1. The predicted molar refractivity (Wildman–Crippen MR) is 88.2 cm³/mol. The second-order valence-corrected chi connectivity index (χ2v) is 8.05. The molecule has 2 heterocycles. The lowest BCUT2D eigenvalue weighted by molar-refractivity contribution is 0.305. The van der Waals surface area contributed by atoms with Gasteiger partial charge in [0.2, 0.25) is 10.0 Å². The monoisotopic (exact) mass is 375 g/mol. The van der Waals surface area contributed by atoms with E-state index in [4.69, 9.17) is 0 Å². The molecule has 1 fully saturated rings. The summed E-state index contributed by atoms with van der Waals surface area (Å²) < 4.78 is 26.5. The number of hydrogen-bond donors (Lipinski definition) is 0. The van der Waals surface area contributed by atoms with Crippen molar-refractivity contribution in [3.8, 4) is 0 Å². The van der Waals surface area contributed by atoms with Gasteiger partial charge in [0.1, 0.15) is 0 Å². The minimum Gasteiger partial charge on any atom is -0.301 e. The van der Waals surface area contributed by atoms with Crippen molar-refractivity contribution >= 4 is 26.0 Å². The maximum absolute atomic E-state index is 12.4. The van der Waals surface area contributed by atoms with Crippen molar-refractivity contribution in [3.05, 3.63) is 30.1 Å². The topological polar surface area (TPSA) is 53.5 Å². The van der Waals surface area contributed by atoms with E-state index in [1.807, 2.05) is 18.2 Å². The van der Waals surface area contributed by atoms with Crippen LogP contribution in [0, 0.1) is 0 Å². The minimum atomic E-state index is -3.19. The van der Waals surface area contributed by atoms with Gasteiger partial charge in [0.15, 0.2) is 0 Å². The van der Waals surface area contributed by atoms with Gasteiger partial charge in [-0.3, -0.25) is 4.98 Å². The molecule has 21 heavy (non-hydrogen) atoms. The number of sulfonamides is 1. The number of alkyl halides is 1. The lowest BCUT2D eigenvalue weighted by Crippen LogP contribution is -2.37. The minimum absolute atomic E-state index is 0.141. The third kappa shape index (κ3) is 5.32. The van der Waals surface area contributed by atoms with Crippen LogP contribution in [0.5, 0.6) is 0 Å². The first kappa shape index (κ1) is 16.9. The van der Waals surface area contributed by atoms with E-state index in [9.17, 15) is 8.42 Å². The molecule has 0 amide bonds. The van der Waals surface area contributed by atoms with Crippen LogP contribution in [0.25, 0.3) is 0 Å². The zero-order valence-corrected chi connectivity index (χ0v) is 14.5. The SMILES string of the molecule is O=S(=O)(CCc1ccccn1)N1CCCN(CCBr)CC1. The third-order valence-corrected chi connectivity index (χ3v) is 5.91. The van der Waals surface area contributed by atoms with Gasteiger partial charge in [-0.25, -0.2) is 12.7 Å². The van der Waals surface area contributed by atoms with Crippen LogP contribution in [-0.2, 0) is 16.4 Å². The highest BCUT2D eigenvalue weighted by Gasteiger charge is 2.24. The molecule has 0 saturated carbocycles. The lowest BCUT2D eigenvalue weighted by Gasteiger charge is -2.21.